The molecule has 0 rings (SSSR count). The lowest BCUT2D eigenvalue weighted by molar-refractivity contribution is -0.0296. The summed E-state index contributed by atoms with van der Waals surface area (Å²) in [5, 5.41) is 35.8. The van der Waals surface area contributed by atoms with Crippen LogP contribution < -0.4 is 5.73 Å². The number of hydrogen-bond donors (Lipinski definition) is 5. The molecule has 0 aliphatic carbocycles. The maximum Gasteiger partial charge on any atom is 0.0983 e. The molecule has 0 aliphatic heterocycles. The Morgan fingerprint density at radius 2 is 1.67 bits per heavy atom. The summed E-state index contributed by atoms with van der Waals surface area (Å²) in [6.45, 7) is -0.522. The van der Waals surface area contributed by atoms with Gasteiger partial charge in [0.25, 0.3) is 0 Å². The predicted octanol–water partition coefficient (Wildman–Crippen LogP) is -2.18. The fourth-order valence-electron chi connectivity index (χ4n) is 0.697. The number of hydrogen-bond acceptors (Lipinski definition) is 5. The zero-order chi connectivity index (χ0) is 9.72. The first-order valence-corrected chi connectivity index (χ1v) is 5.03. The number of halogens is 1. The van der Waals surface area contributed by atoms with Gasteiger partial charge in [0, 0.05) is 4.43 Å². The standard InChI is InChI=1S/C6H14INO4/c7-1-3(10)6(12)5(8)4(11)2-9/h3-6,9-12H,1-2,8H2. The maximum absolute atomic E-state index is 9.24. The lowest BCUT2D eigenvalue weighted by Crippen LogP contribution is -2.51. The van der Waals surface area contributed by atoms with Crippen LogP contribution in [0.25, 0.3) is 0 Å². The first kappa shape index (κ1) is 12.5. The van der Waals surface area contributed by atoms with Gasteiger partial charge in [0.2, 0.25) is 0 Å². The highest BCUT2D eigenvalue weighted by Gasteiger charge is 2.27. The largest absolute Gasteiger partial charge is 0.394 e. The Kier molecular flexibility index (Phi) is 6.32. The molecule has 0 aromatic rings. The molecule has 0 aromatic heterocycles. The zero-order valence-corrected chi connectivity index (χ0v) is 8.63. The number of alkyl halides is 1. The SMILES string of the molecule is NC(C(O)CO)C(O)C(O)CI. The second kappa shape index (κ2) is 6.06. The molecule has 74 valence electrons. The minimum absolute atomic E-state index is 0.324. The Morgan fingerprint density at radius 3 is 2.00 bits per heavy atom. The summed E-state index contributed by atoms with van der Waals surface area (Å²) in [5.41, 5.74) is 5.32. The van der Waals surface area contributed by atoms with Crippen LogP contribution in [-0.4, -0.2) is 55.8 Å². The molecule has 4 atom stereocenters. The maximum atomic E-state index is 9.24. The summed E-state index contributed by atoms with van der Waals surface area (Å²) in [6, 6.07) is -1.01. The summed E-state index contributed by atoms with van der Waals surface area (Å²) in [4.78, 5) is 0. The van der Waals surface area contributed by atoms with Crippen molar-refractivity contribution in [2.75, 3.05) is 11.0 Å². The minimum atomic E-state index is -1.20. The van der Waals surface area contributed by atoms with Crippen molar-refractivity contribution in [3.8, 4) is 0 Å². The Balaban J connectivity index is 3.99. The molecule has 0 amide bonds. The normalized spacial score (nSPS) is 21.5. The average molecular weight is 291 g/mol. The average Bonchev–Trinajstić information content (AvgIpc) is 2.12. The lowest BCUT2D eigenvalue weighted by atomic mass is 10.0. The Morgan fingerprint density at radius 1 is 1.17 bits per heavy atom. The minimum Gasteiger partial charge on any atom is -0.394 e. The van der Waals surface area contributed by atoms with Gasteiger partial charge in [0.1, 0.15) is 0 Å². The van der Waals surface area contributed by atoms with E-state index in [-0.39, 0.29) is 0 Å². The molecule has 5 nitrogen and oxygen atoms in total. The van der Waals surface area contributed by atoms with E-state index in [0.29, 0.717) is 4.43 Å². The van der Waals surface area contributed by atoms with E-state index in [9.17, 15) is 5.11 Å². The number of aliphatic hydroxyl groups is 4. The number of aliphatic hydroxyl groups excluding tert-OH is 4. The van der Waals surface area contributed by atoms with Crippen LogP contribution in [0.1, 0.15) is 0 Å². The van der Waals surface area contributed by atoms with Gasteiger partial charge in [0.15, 0.2) is 0 Å². The summed E-state index contributed by atoms with van der Waals surface area (Å²) in [7, 11) is 0. The van der Waals surface area contributed by atoms with Crippen molar-refractivity contribution < 1.29 is 20.4 Å². The van der Waals surface area contributed by atoms with Gasteiger partial charge in [-0.3, -0.25) is 0 Å². The van der Waals surface area contributed by atoms with Gasteiger partial charge in [-0.25, -0.2) is 0 Å². The van der Waals surface area contributed by atoms with E-state index in [1.807, 2.05) is 22.6 Å². The van der Waals surface area contributed by atoms with Crippen LogP contribution in [0.3, 0.4) is 0 Å². The van der Waals surface area contributed by atoms with E-state index >= 15 is 0 Å². The highest BCUT2D eigenvalue weighted by Crippen LogP contribution is 2.04. The fraction of sp³-hybridized carbons (Fsp3) is 1.00. The third kappa shape index (κ3) is 3.50. The van der Waals surface area contributed by atoms with Crippen molar-refractivity contribution in [2.45, 2.75) is 24.4 Å². The van der Waals surface area contributed by atoms with Crippen LogP contribution in [0.4, 0.5) is 0 Å². The van der Waals surface area contributed by atoms with Crippen molar-refractivity contribution in [1.82, 2.24) is 0 Å². The molecule has 0 heterocycles. The summed E-state index contributed by atoms with van der Waals surface area (Å²) >= 11 is 1.89. The quantitative estimate of drug-likeness (QED) is 0.292. The van der Waals surface area contributed by atoms with E-state index in [1.54, 1.807) is 0 Å². The molecule has 12 heavy (non-hydrogen) atoms. The summed E-state index contributed by atoms with van der Waals surface area (Å²) in [6.07, 6.45) is -3.37. The van der Waals surface area contributed by atoms with Gasteiger partial charge in [-0.05, 0) is 0 Å². The van der Waals surface area contributed by atoms with Crippen molar-refractivity contribution in [1.29, 1.82) is 0 Å². The van der Waals surface area contributed by atoms with Gasteiger partial charge in [-0.1, -0.05) is 22.6 Å². The molecular weight excluding hydrogens is 277 g/mol. The van der Waals surface area contributed by atoms with E-state index < -0.39 is 31.0 Å². The molecular formula is C6H14INO4. The van der Waals surface area contributed by atoms with Crippen LogP contribution in [0.15, 0.2) is 0 Å². The molecule has 6 heteroatoms. The van der Waals surface area contributed by atoms with Crippen LogP contribution in [-0.2, 0) is 0 Å². The van der Waals surface area contributed by atoms with E-state index in [4.69, 9.17) is 21.1 Å². The molecule has 0 radical (unpaired) electrons. The van der Waals surface area contributed by atoms with Crippen molar-refractivity contribution in [2.24, 2.45) is 5.73 Å². The monoisotopic (exact) mass is 291 g/mol. The number of nitrogens with two attached hydrogens (primary N) is 1. The molecule has 6 N–H and O–H groups in total. The third-order valence-corrected chi connectivity index (χ3v) is 2.48. The molecule has 0 bridgehead atoms. The van der Waals surface area contributed by atoms with Crippen LogP contribution in [0, 0.1) is 0 Å². The van der Waals surface area contributed by atoms with Crippen LogP contribution >= 0.6 is 22.6 Å². The molecule has 0 aromatic carbocycles. The first-order chi connectivity index (χ1) is 5.54. The van der Waals surface area contributed by atoms with Gasteiger partial charge in [-0.2, -0.15) is 0 Å². The zero-order valence-electron chi connectivity index (χ0n) is 6.47. The van der Waals surface area contributed by atoms with E-state index in [0.717, 1.165) is 0 Å². The van der Waals surface area contributed by atoms with E-state index in [2.05, 4.69) is 0 Å². The van der Waals surface area contributed by atoms with Gasteiger partial charge >= 0.3 is 0 Å². The molecule has 0 spiro atoms. The second-order valence-corrected chi connectivity index (χ2v) is 3.42. The summed E-state index contributed by atoms with van der Waals surface area (Å²) in [5.74, 6) is 0. The molecule has 0 saturated heterocycles. The molecule has 4 unspecified atom stereocenters. The summed E-state index contributed by atoms with van der Waals surface area (Å²) < 4.78 is 0.324. The van der Waals surface area contributed by atoms with Gasteiger partial charge in [-0.15, -0.1) is 0 Å². The smallest absolute Gasteiger partial charge is 0.0983 e. The second-order valence-electron chi connectivity index (χ2n) is 2.54. The number of rotatable bonds is 5. The highest BCUT2D eigenvalue weighted by atomic mass is 127. The fourth-order valence-corrected chi connectivity index (χ4v) is 1.22. The van der Waals surface area contributed by atoms with Crippen LogP contribution in [0.5, 0.6) is 0 Å². The predicted molar refractivity (Wildman–Crippen MR) is 52.0 cm³/mol. The van der Waals surface area contributed by atoms with Crippen molar-refractivity contribution in [3.63, 3.8) is 0 Å². The Labute approximate surface area is 84.3 Å². The van der Waals surface area contributed by atoms with E-state index in [1.165, 1.54) is 0 Å². The van der Waals surface area contributed by atoms with Crippen molar-refractivity contribution >= 4 is 22.6 Å². The first-order valence-electron chi connectivity index (χ1n) is 3.51. The molecule has 0 saturated carbocycles. The topological polar surface area (TPSA) is 107 Å². The third-order valence-electron chi connectivity index (χ3n) is 1.58. The van der Waals surface area contributed by atoms with Crippen molar-refractivity contribution in [3.05, 3.63) is 0 Å². The highest BCUT2D eigenvalue weighted by molar-refractivity contribution is 14.1. The van der Waals surface area contributed by atoms with Gasteiger partial charge < -0.3 is 26.2 Å². The molecule has 0 aliphatic rings. The lowest BCUT2D eigenvalue weighted by Gasteiger charge is -2.25. The Hall–Kier alpha value is 0.530. The Bertz CT molecular complexity index is 112. The molecule has 0 fully saturated rings. The van der Waals surface area contributed by atoms with Gasteiger partial charge in [0.05, 0.1) is 31.0 Å². The van der Waals surface area contributed by atoms with Crippen LogP contribution in [0.2, 0.25) is 0 Å².